The quantitative estimate of drug-likeness (QED) is 0.716. The van der Waals surface area contributed by atoms with Crippen LogP contribution in [0.4, 0.5) is 0 Å². The van der Waals surface area contributed by atoms with Gasteiger partial charge in [0.1, 0.15) is 0 Å². The Balaban J connectivity index is 1.17. The van der Waals surface area contributed by atoms with Crippen molar-refractivity contribution in [3.8, 4) is 0 Å². The second kappa shape index (κ2) is 9.65. The topological polar surface area (TPSA) is 66.0 Å². The zero-order chi connectivity index (χ0) is 20.1. The van der Waals surface area contributed by atoms with Crippen LogP contribution in [0.15, 0.2) is 24.3 Å². The molecule has 0 radical (unpaired) electrons. The number of carbonyl (C=O) groups excluding carboxylic acids is 2. The average Bonchev–Trinajstić information content (AvgIpc) is 3.17. The fraction of sp³-hybridized carbons (Fsp3) is 0.571. The van der Waals surface area contributed by atoms with Crippen LogP contribution in [0, 0.1) is 0 Å². The molecule has 1 aromatic heterocycles. The molecule has 156 valence electrons. The van der Waals surface area contributed by atoms with Gasteiger partial charge in [0.05, 0.1) is 35.0 Å². The summed E-state index contributed by atoms with van der Waals surface area (Å²) in [7, 11) is 0. The Morgan fingerprint density at radius 2 is 1.66 bits per heavy atom. The molecule has 0 bridgehead atoms. The fourth-order valence-corrected chi connectivity index (χ4v) is 4.84. The molecular weight excluding hydrogens is 388 g/mol. The smallest absolute Gasteiger partial charge is 0.236 e. The van der Waals surface area contributed by atoms with E-state index in [2.05, 4.69) is 16.0 Å². The van der Waals surface area contributed by atoms with Crippen LogP contribution in [0.3, 0.4) is 0 Å². The number of morpholine rings is 1. The van der Waals surface area contributed by atoms with E-state index in [1.165, 1.54) is 4.70 Å². The Kier molecular flexibility index (Phi) is 6.74. The van der Waals surface area contributed by atoms with E-state index in [-0.39, 0.29) is 11.8 Å². The molecule has 3 heterocycles. The summed E-state index contributed by atoms with van der Waals surface area (Å²) in [6, 6.07) is 8.14. The van der Waals surface area contributed by atoms with Crippen LogP contribution in [0.2, 0.25) is 0 Å². The third-order valence-electron chi connectivity index (χ3n) is 5.57. The number of nitrogens with zero attached hydrogens (tertiary/aromatic N) is 4. The van der Waals surface area contributed by atoms with Gasteiger partial charge in [0.15, 0.2) is 0 Å². The highest BCUT2D eigenvalue weighted by Crippen LogP contribution is 2.22. The minimum Gasteiger partial charge on any atom is -0.379 e. The van der Waals surface area contributed by atoms with Crippen molar-refractivity contribution in [3.05, 3.63) is 29.3 Å². The van der Waals surface area contributed by atoms with Crippen molar-refractivity contribution in [2.45, 2.75) is 19.3 Å². The highest BCUT2D eigenvalue weighted by atomic mass is 32.1. The fourth-order valence-electron chi connectivity index (χ4n) is 3.83. The van der Waals surface area contributed by atoms with Crippen LogP contribution in [-0.2, 0) is 20.7 Å². The van der Waals surface area contributed by atoms with E-state index in [4.69, 9.17) is 4.74 Å². The van der Waals surface area contributed by atoms with Crippen molar-refractivity contribution in [2.75, 3.05) is 59.0 Å². The number of aryl methyl sites for hydroxylation is 1. The van der Waals surface area contributed by atoms with Crippen molar-refractivity contribution in [2.24, 2.45) is 0 Å². The van der Waals surface area contributed by atoms with Crippen molar-refractivity contribution in [3.63, 3.8) is 0 Å². The number of carbonyl (C=O) groups is 2. The number of fused-ring (bicyclic) bond motifs is 1. The first-order valence-electron chi connectivity index (χ1n) is 10.4. The molecule has 0 aliphatic carbocycles. The molecule has 29 heavy (non-hydrogen) atoms. The van der Waals surface area contributed by atoms with Crippen LogP contribution >= 0.6 is 11.3 Å². The van der Waals surface area contributed by atoms with Gasteiger partial charge in [-0.1, -0.05) is 12.1 Å². The number of hydrogen-bond donors (Lipinski definition) is 0. The summed E-state index contributed by atoms with van der Waals surface area (Å²) >= 11 is 1.71. The summed E-state index contributed by atoms with van der Waals surface area (Å²) in [5, 5.41) is 1.09. The zero-order valence-corrected chi connectivity index (χ0v) is 17.5. The minimum atomic E-state index is 0.162. The van der Waals surface area contributed by atoms with Crippen molar-refractivity contribution in [1.29, 1.82) is 0 Å². The van der Waals surface area contributed by atoms with Gasteiger partial charge in [-0.3, -0.25) is 14.5 Å². The highest BCUT2D eigenvalue weighted by Gasteiger charge is 2.25. The lowest BCUT2D eigenvalue weighted by Crippen LogP contribution is -2.53. The van der Waals surface area contributed by atoms with Gasteiger partial charge in [-0.05, 0) is 25.0 Å². The van der Waals surface area contributed by atoms with Gasteiger partial charge in [0, 0.05) is 45.7 Å². The molecule has 8 heteroatoms. The molecule has 0 unspecified atom stereocenters. The van der Waals surface area contributed by atoms with E-state index in [9.17, 15) is 9.59 Å². The molecule has 0 spiro atoms. The molecule has 2 aromatic rings. The second-order valence-corrected chi connectivity index (χ2v) is 8.69. The number of aromatic nitrogens is 1. The number of rotatable bonds is 6. The Morgan fingerprint density at radius 3 is 2.38 bits per heavy atom. The summed E-state index contributed by atoms with van der Waals surface area (Å²) in [6.07, 6.45) is 2.19. The number of hydrogen-bond acceptors (Lipinski definition) is 6. The second-order valence-electron chi connectivity index (χ2n) is 7.58. The molecule has 0 N–H and O–H groups in total. The molecule has 2 aliphatic rings. The predicted octanol–water partition coefficient (Wildman–Crippen LogP) is 1.62. The van der Waals surface area contributed by atoms with Gasteiger partial charge in [0.2, 0.25) is 11.8 Å². The number of ether oxygens (including phenoxy) is 1. The summed E-state index contributed by atoms with van der Waals surface area (Å²) < 4.78 is 6.53. The lowest BCUT2D eigenvalue weighted by molar-refractivity contribution is -0.140. The van der Waals surface area contributed by atoms with Crippen molar-refractivity contribution >= 4 is 33.4 Å². The van der Waals surface area contributed by atoms with Gasteiger partial charge < -0.3 is 14.5 Å². The number of para-hydroxylation sites is 1. The average molecular weight is 417 g/mol. The SMILES string of the molecule is O=C(CCCc1nc2ccccc2s1)N1CCN(C(=O)CN2CCOCC2)CC1. The first kappa shape index (κ1) is 20.3. The maximum atomic E-state index is 12.5. The third kappa shape index (κ3) is 5.32. The Morgan fingerprint density at radius 1 is 0.966 bits per heavy atom. The summed E-state index contributed by atoms with van der Waals surface area (Å²) in [5.74, 6) is 0.348. The number of amides is 2. The highest BCUT2D eigenvalue weighted by molar-refractivity contribution is 7.18. The van der Waals surface area contributed by atoms with Gasteiger partial charge in [-0.25, -0.2) is 4.98 Å². The van der Waals surface area contributed by atoms with Crippen molar-refractivity contribution in [1.82, 2.24) is 19.7 Å². The Labute approximate surface area is 175 Å². The van der Waals surface area contributed by atoms with E-state index >= 15 is 0 Å². The Bertz CT molecular complexity index is 808. The van der Waals surface area contributed by atoms with Crippen LogP contribution in [0.1, 0.15) is 17.8 Å². The molecule has 7 nitrogen and oxygen atoms in total. The van der Waals surface area contributed by atoms with E-state index in [0.29, 0.717) is 52.4 Å². The maximum absolute atomic E-state index is 12.5. The van der Waals surface area contributed by atoms with Crippen LogP contribution in [0.25, 0.3) is 10.2 Å². The number of benzene rings is 1. The van der Waals surface area contributed by atoms with E-state index < -0.39 is 0 Å². The molecule has 2 amide bonds. The van der Waals surface area contributed by atoms with Crippen LogP contribution < -0.4 is 0 Å². The first-order valence-corrected chi connectivity index (χ1v) is 11.2. The molecule has 2 aliphatic heterocycles. The normalized spacial score (nSPS) is 18.3. The monoisotopic (exact) mass is 416 g/mol. The van der Waals surface area contributed by atoms with Gasteiger partial charge in [0.25, 0.3) is 0 Å². The summed E-state index contributed by atoms with van der Waals surface area (Å²) in [4.78, 5) is 35.6. The van der Waals surface area contributed by atoms with E-state index in [1.807, 2.05) is 28.0 Å². The van der Waals surface area contributed by atoms with E-state index in [1.54, 1.807) is 11.3 Å². The lowest BCUT2D eigenvalue weighted by Gasteiger charge is -2.36. The zero-order valence-electron chi connectivity index (χ0n) is 16.7. The van der Waals surface area contributed by atoms with Gasteiger partial charge in [-0.2, -0.15) is 0 Å². The van der Waals surface area contributed by atoms with Crippen molar-refractivity contribution < 1.29 is 14.3 Å². The number of thiazole rings is 1. The van der Waals surface area contributed by atoms with Gasteiger partial charge in [-0.15, -0.1) is 11.3 Å². The molecule has 2 fully saturated rings. The molecule has 1 aromatic carbocycles. The number of piperazine rings is 1. The first-order chi connectivity index (χ1) is 14.2. The van der Waals surface area contributed by atoms with Crippen LogP contribution in [0.5, 0.6) is 0 Å². The molecular formula is C21H28N4O3S. The standard InChI is InChI=1S/C21H28N4O3S/c26-20(7-3-6-19-22-17-4-1-2-5-18(17)29-19)24-8-10-25(11-9-24)21(27)16-23-12-14-28-15-13-23/h1-2,4-5H,3,6-16H2. The predicted molar refractivity (Wildman–Crippen MR) is 113 cm³/mol. The summed E-state index contributed by atoms with van der Waals surface area (Å²) in [5.41, 5.74) is 1.04. The minimum absolute atomic E-state index is 0.162. The molecule has 0 saturated carbocycles. The lowest BCUT2D eigenvalue weighted by atomic mass is 10.2. The van der Waals surface area contributed by atoms with Crippen LogP contribution in [-0.4, -0.2) is 90.5 Å². The molecule has 2 saturated heterocycles. The molecule has 0 atom stereocenters. The van der Waals surface area contributed by atoms with Gasteiger partial charge >= 0.3 is 0 Å². The third-order valence-corrected chi connectivity index (χ3v) is 6.66. The molecule has 4 rings (SSSR count). The maximum Gasteiger partial charge on any atom is 0.236 e. The Hall–Kier alpha value is -2.03. The van der Waals surface area contributed by atoms with E-state index in [0.717, 1.165) is 36.5 Å². The largest absolute Gasteiger partial charge is 0.379 e. The summed E-state index contributed by atoms with van der Waals surface area (Å²) in [6.45, 7) is 6.03.